The molecule has 1 saturated heterocycles. The third kappa shape index (κ3) is 2.80. The zero-order chi connectivity index (χ0) is 13.8. The van der Waals surface area contributed by atoms with Gasteiger partial charge >= 0.3 is 0 Å². The molecule has 0 spiro atoms. The van der Waals surface area contributed by atoms with Crippen molar-refractivity contribution >= 4 is 18.1 Å². The number of hydrogen-bond donors (Lipinski definition) is 0. The highest BCUT2D eigenvalue weighted by Gasteiger charge is 2.21. The van der Waals surface area contributed by atoms with Crippen molar-refractivity contribution in [2.75, 3.05) is 26.3 Å². The number of amides is 1. The molecule has 0 aliphatic carbocycles. The molecular formula is C14H14N2O4. The summed E-state index contributed by atoms with van der Waals surface area (Å²) in [6, 6.07) is 5.25. The lowest BCUT2D eigenvalue weighted by Gasteiger charge is -2.25. The summed E-state index contributed by atoms with van der Waals surface area (Å²) in [5.41, 5.74) is 0.311. The highest BCUT2D eigenvalue weighted by molar-refractivity contribution is 5.92. The van der Waals surface area contributed by atoms with Crippen molar-refractivity contribution < 1.29 is 18.5 Å². The molecule has 6 nitrogen and oxygen atoms in total. The number of furan rings is 1. The van der Waals surface area contributed by atoms with Crippen molar-refractivity contribution in [1.29, 1.82) is 0 Å². The fourth-order valence-electron chi connectivity index (χ4n) is 1.95. The molecule has 104 valence electrons. The van der Waals surface area contributed by atoms with Crippen molar-refractivity contribution in [2.45, 2.75) is 0 Å². The van der Waals surface area contributed by atoms with Crippen LogP contribution in [0.2, 0.25) is 0 Å². The molecule has 3 heterocycles. The molecule has 3 rings (SSSR count). The highest BCUT2D eigenvalue weighted by atomic mass is 16.5. The van der Waals surface area contributed by atoms with Crippen molar-refractivity contribution in [3.05, 3.63) is 41.7 Å². The van der Waals surface area contributed by atoms with Crippen LogP contribution in [0.3, 0.4) is 0 Å². The normalized spacial score (nSPS) is 15.9. The molecule has 2 aromatic heterocycles. The van der Waals surface area contributed by atoms with Gasteiger partial charge in [-0.15, -0.1) is 0 Å². The first-order chi connectivity index (χ1) is 9.83. The van der Waals surface area contributed by atoms with Crippen molar-refractivity contribution in [3.63, 3.8) is 0 Å². The summed E-state index contributed by atoms with van der Waals surface area (Å²) in [4.78, 5) is 13.9. The maximum atomic E-state index is 12.2. The largest absolute Gasteiger partial charge is 0.465 e. The van der Waals surface area contributed by atoms with Gasteiger partial charge in [0.25, 0.3) is 5.91 Å². The average molecular weight is 274 g/mol. The smallest absolute Gasteiger partial charge is 0.276 e. The van der Waals surface area contributed by atoms with E-state index >= 15 is 0 Å². The molecule has 1 fully saturated rings. The topological polar surface area (TPSA) is 68.7 Å². The van der Waals surface area contributed by atoms with E-state index in [0.717, 1.165) is 0 Å². The first-order valence-corrected chi connectivity index (χ1v) is 6.38. The van der Waals surface area contributed by atoms with Crippen molar-refractivity contribution in [1.82, 2.24) is 10.1 Å². The van der Waals surface area contributed by atoms with Crippen LogP contribution >= 0.6 is 0 Å². The highest BCUT2D eigenvalue weighted by Crippen LogP contribution is 2.12. The number of hydrogen-bond acceptors (Lipinski definition) is 5. The van der Waals surface area contributed by atoms with E-state index in [0.29, 0.717) is 43.5 Å². The van der Waals surface area contributed by atoms with Gasteiger partial charge < -0.3 is 18.6 Å². The number of nitrogens with zero attached hydrogens (tertiary/aromatic N) is 2. The summed E-state index contributed by atoms with van der Waals surface area (Å²) in [6.07, 6.45) is 5.05. The molecule has 0 N–H and O–H groups in total. The summed E-state index contributed by atoms with van der Waals surface area (Å²) in [6.45, 7) is 2.30. The van der Waals surface area contributed by atoms with Crippen LogP contribution in [0.5, 0.6) is 0 Å². The minimum Gasteiger partial charge on any atom is -0.465 e. The number of rotatable bonds is 3. The van der Waals surface area contributed by atoms with Crippen LogP contribution < -0.4 is 0 Å². The summed E-state index contributed by atoms with van der Waals surface area (Å²) >= 11 is 0. The lowest BCUT2D eigenvalue weighted by molar-refractivity contribution is 0.0296. The van der Waals surface area contributed by atoms with E-state index in [1.54, 1.807) is 35.4 Å². The summed E-state index contributed by atoms with van der Waals surface area (Å²) in [7, 11) is 0. The van der Waals surface area contributed by atoms with Crippen LogP contribution in [-0.2, 0) is 4.74 Å². The Kier molecular flexibility index (Phi) is 3.64. The minimum absolute atomic E-state index is 0.130. The monoisotopic (exact) mass is 274 g/mol. The van der Waals surface area contributed by atoms with E-state index in [-0.39, 0.29) is 5.91 Å². The van der Waals surface area contributed by atoms with Crippen LogP contribution in [0.4, 0.5) is 0 Å². The van der Waals surface area contributed by atoms with Crippen LogP contribution in [0, 0.1) is 0 Å². The predicted octanol–water partition coefficient (Wildman–Crippen LogP) is 1.91. The Labute approximate surface area is 115 Å². The molecule has 1 amide bonds. The zero-order valence-corrected chi connectivity index (χ0v) is 10.8. The van der Waals surface area contributed by atoms with Crippen molar-refractivity contribution in [2.24, 2.45) is 0 Å². The second kappa shape index (κ2) is 5.75. The summed E-state index contributed by atoms with van der Waals surface area (Å²) in [5, 5.41) is 3.80. The van der Waals surface area contributed by atoms with Crippen LogP contribution in [0.1, 0.15) is 22.0 Å². The molecule has 1 aliphatic heterocycles. The Balaban J connectivity index is 1.68. The Hall–Kier alpha value is -2.34. The average Bonchev–Trinajstić information content (AvgIpc) is 3.17. The molecule has 0 bridgehead atoms. The first-order valence-electron chi connectivity index (χ1n) is 6.38. The second-order valence-corrected chi connectivity index (χ2v) is 4.37. The molecule has 1 aliphatic rings. The lowest BCUT2D eigenvalue weighted by Crippen LogP contribution is -2.40. The molecule has 0 atom stereocenters. The predicted molar refractivity (Wildman–Crippen MR) is 70.9 cm³/mol. The number of aromatic nitrogens is 1. The number of carbonyl (C=O) groups is 1. The molecule has 0 unspecified atom stereocenters. The molecule has 0 aromatic carbocycles. The summed E-state index contributed by atoms with van der Waals surface area (Å²) < 4.78 is 15.5. The quantitative estimate of drug-likeness (QED) is 0.855. The van der Waals surface area contributed by atoms with E-state index in [1.807, 2.05) is 6.07 Å². The van der Waals surface area contributed by atoms with E-state index in [2.05, 4.69) is 5.16 Å². The summed E-state index contributed by atoms with van der Waals surface area (Å²) in [5.74, 6) is 1.09. The Morgan fingerprint density at radius 3 is 2.80 bits per heavy atom. The Morgan fingerprint density at radius 1 is 1.25 bits per heavy atom. The molecular weight excluding hydrogens is 260 g/mol. The molecule has 2 aromatic rings. The van der Waals surface area contributed by atoms with Crippen LogP contribution in [-0.4, -0.2) is 42.3 Å². The van der Waals surface area contributed by atoms with Gasteiger partial charge in [0, 0.05) is 19.2 Å². The molecule has 20 heavy (non-hydrogen) atoms. The number of morpholine rings is 1. The first kappa shape index (κ1) is 12.7. The van der Waals surface area contributed by atoms with Gasteiger partial charge in [0.2, 0.25) is 0 Å². The number of ether oxygens (including phenoxy) is 1. The third-order valence-electron chi connectivity index (χ3n) is 3.00. The maximum Gasteiger partial charge on any atom is 0.276 e. The van der Waals surface area contributed by atoms with Crippen LogP contribution in [0.15, 0.2) is 33.4 Å². The van der Waals surface area contributed by atoms with E-state index in [1.165, 1.54) is 0 Å². The van der Waals surface area contributed by atoms with E-state index in [9.17, 15) is 4.79 Å². The van der Waals surface area contributed by atoms with Gasteiger partial charge in [-0.1, -0.05) is 5.16 Å². The SMILES string of the molecule is O=C(c1cc(/C=C/c2ccco2)on1)N1CCOCC1. The van der Waals surface area contributed by atoms with Crippen molar-refractivity contribution in [3.8, 4) is 0 Å². The van der Waals surface area contributed by atoms with Gasteiger partial charge in [-0.05, 0) is 24.3 Å². The van der Waals surface area contributed by atoms with Gasteiger partial charge in [0.15, 0.2) is 11.5 Å². The molecule has 0 saturated carbocycles. The standard InChI is InChI=1S/C14H14N2O4/c17-14(16-5-8-18-9-6-16)13-10-12(20-15-13)4-3-11-2-1-7-19-11/h1-4,7,10H,5-6,8-9H2/b4-3+. The van der Waals surface area contributed by atoms with Gasteiger partial charge in [-0.3, -0.25) is 4.79 Å². The maximum absolute atomic E-state index is 12.2. The minimum atomic E-state index is -0.130. The van der Waals surface area contributed by atoms with Gasteiger partial charge in [0.05, 0.1) is 19.5 Å². The lowest BCUT2D eigenvalue weighted by atomic mass is 10.3. The van der Waals surface area contributed by atoms with Gasteiger partial charge in [-0.25, -0.2) is 0 Å². The molecule has 6 heteroatoms. The Morgan fingerprint density at radius 2 is 2.05 bits per heavy atom. The zero-order valence-electron chi connectivity index (χ0n) is 10.8. The fourth-order valence-corrected chi connectivity index (χ4v) is 1.95. The third-order valence-corrected chi connectivity index (χ3v) is 3.00. The second-order valence-electron chi connectivity index (χ2n) is 4.37. The van der Waals surface area contributed by atoms with E-state index in [4.69, 9.17) is 13.7 Å². The van der Waals surface area contributed by atoms with Gasteiger partial charge in [0.1, 0.15) is 5.76 Å². The molecule has 0 radical (unpaired) electrons. The van der Waals surface area contributed by atoms with E-state index < -0.39 is 0 Å². The van der Waals surface area contributed by atoms with Crippen LogP contribution in [0.25, 0.3) is 12.2 Å². The fraction of sp³-hybridized carbons (Fsp3) is 0.286. The van der Waals surface area contributed by atoms with Gasteiger partial charge in [-0.2, -0.15) is 0 Å². The number of carbonyl (C=O) groups excluding carboxylic acids is 1. The Bertz CT molecular complexity index is 594.